The summed E-state index contributed by atoms with van der Waals surface area (Å²) < 4.78 is 80.9. The van der Waals surface area contributed by atoms with E-state index in [0.717, 1.165) is 21.9 Å². The van der Waals surface area contributed by atoms with Crippen molar-refractivity contribution in [3.8, 4) is 0 Å². The van der Waals surface area contributed by atoms with Gasteiger partial charge >= 0.3 is 13.5 Å². The van der Waals surface area contributed by atoms with Crippen molar-refractivity contribution in [2.45, 2.75) is 42.6 Å². The minimum absolute atomic E-state index is 0.191. The number of imidazole rings is 1. The number of anilines is 1. The molecule has 0 aromatic carbocycles. The second kappa shape index (κ2) is 10.9. The number of alkyl halides is 2. The zero-order valence-corrected chi connectivity index (χ0v) is 25.6. The van der Waals surface area contributed by atoms with Crippen molar-refractivity contribution >= 4 is 65.8 Å². The van der Waals surface area contributed by atoms with Gasteiger partial charge in [-0.15, -0.1) is 5.10 Å². The Morgan fingerprint density at radius 3 is 2.73 bits per heavy atom. The molecular formula is C19H20F2N10O10P2S2. The molecule has 0 saturated carbocycles. The van der Waals surface area contributed by atoms with Gasteiger partial charge in [0.15, 0.2) is 40.8 Å². The third kappa shape index (κ3) is 5.32. The number of aromatic amines is 2. The van der Waals surface area contributed by atoms with E-state index in [0.29, 0.717) is 0 Å². The van der Waals surface area contributed by atoms with Crippen LogP contribution in [-0.4, -0.2) is 99.8 Å². The minimum atomic E-state index is -4.54. The summed E-state index contributed by atoms with van der Waals surface area (Å²) in [5.74, 6) is -3.03. The lowest BCUT2D eigenvalue weighted by molar-refractivity contribution is -0.0649. The molecule has 3 aliphatic heterocycles. The SMILES string of the molecule is Nc1nc2c(nnn2[C@@H]2O[C@@H]3COP(O)(=S)O[C@@H]4[C@@H](COP(=O)(S)O[C@@H]2[C@H]3F)OC[C@]4(F)n2cnc3c(=O)[nH]cnc32)c(=O)[nH]1. The van der Waals surface area contributed by atoms with Gasteiger partial charge in [-0.05, 0) is 11.8 Å². The number of hydrogen-bond donors (Lipinski definition) is 5. The number of fused-ring (bicyclic) bond motifs is 5. The Hall–Kier alpha value is -2.76. The second-order valence-electron chi connectivity index (χ2n) is 9.98. The van der Waals surface area contributed by atoms with Gasteiger partial charge in [0.05, 0.1) is 19.5 Å². The highest BCUT2D eigenvalue weighted by Crippen LogP contribution is 2.59. The number of nitrogens with one attached hydrogen (secondary N) is 2. The molecule has 45 heavy (non-hydrogen) atoms. The molecule has 2 bridgehead atoms. The Kier molecular flexibility index (Phi) is 7.48. The first-order valence-corrected chi connectivity index (χ1v) is 18.0. The molecule has 4 aromatic rings. The van der Waals surface area contributed by atoms with Crippen LogP contribution in [0, 0.1) is 0 Å². The molecule has 0 radical (unpaired) electrons. The molecule has 0 amide bonds. The Labute approximate surface area is 257 Å². The average molecular weight is 713 g/mol. The number of hydrogen-bond acceptors (Lipinski definition) is 16. The summed E-state index contributed by atoms with van der Waals surface area (Å²) in [6.07, 6.45) is -8.40. The molecule has 9 atom stereocenters. The zero-order chi connectivity index (χ0) is 31.9. The summed E-state index contributed by atoms with van der Waals surface area (Å²) in [5.41, 5.74) is 3.35. The summed E-state index contributed by atoms with van der Waals surface area (Å²) in [7, 11) is 0. The lowest BCUT2D eigenvalue weighted by Gasteiger charge is -2.32. The predicted molar refractivity (Wildman–Crippen MR) is 151 cm³/mol. The molecule has 7 rings (SSSR count). The van der Waals surface area contributed by atoms with Gasteiger partial charge in [-0.2, -0.15) is 9.67 Å². The van der Waals surface area contributed by atoms with Crippen LogP contribution < -0.4 is 16.9 Å². The van der Waals surface area contributed by atoms with E-state index < -0.39 is 87.1 Å². The van der Waals surface area contributed by atoms with Crippen LogP contribution in [0.5, 0.6) is 0 Å². The smallest absolute Gasteiger partial charge is 0.369 e. The normalized spacial score (nSPS) is 37.7. The minimum Gasteiger partial charge on any atom is -0.369 e. The molecule has 3 saturated heterocycles. The maximum atomic E-state index is 16.8. The van der Waals surface area contributed by atoms with Crippen LogP contribution in [0.1, 0.15) is 6.23 Å². The average Bonchev–Trinajstić information content (AvgIpc) is 3.73. The van der Waals surface area contributed by atoms with Crippen LogP contribution in [0.15, 0.2) is 22.2 Å². The van der Waals surface area contributed by atoms with Crippen LogP contribution in [0.3, 0.4) is 0 Å². The lowest BCUT2D eigenvalue weighted by Crippen LogP contribution is -2.45. The first-order chi connectivity index (χ1) is 21.3. The van der Waals surface area contributed by atoms with Gasteiger partial charge in [-0.3, -0.25) is 32.7 Å². The zero-order valence-electron chi connectivity index (χ0n) is 22.1. The van der Waals surface area contributed by atoms with E-state index in [2.05, 4.69) is 47.5 Å². The number of thiol groups is 1. The van der Waals surface area contributed by atoms with Gasteiger partial charge in [0, 0.05) is 0 Å². The molecule has 26 heteroatoms. The van der Waals surface area contributed by atoms with Crippen LogP contribution in [0.4, 0.5) is 14.7 Å². The van der Waals surface area contributed by atoms with Crippen LogP contribution in [-0.2, 0) is 49.7 Å². The molecule has 3 fully saturated rings. The highest BCUT2D eigenvalue weighted by atomic mass is 32.7. The quantitative estimate of drug-likeness (QED) is 0.130. The number of nitrogens with zero attached hydrogens (tertiary/aromatic N) is 7. The number of nitrogens with two attached hydrogens (primary N) is 1. The highest BCUT2D eigenvalue weighted by Gasteiger charge is 2.58. The maximum Gasteiger partial charge on any atom is 0.386 e. The molecule has 5 N–H and O–H groups in total. The summed E-state index contributed by atoms with van der Waals surface area (Å²) in [5, 5.41) is 7.51. The van der Waals surface area contributed by atoms with Crippen LogP contribution in [0.25, 0.3) is 22.3 Å². The Balaban J connectivity index is 1.23. The molecule has 0 aliphatic carbocycles. The maximum absolute atomic E-state index is 16.8. The second-order valence-corrected chi connectivity index (χ2v) is 15.6. The molecule has 20 nitrogen and oxygen atoms in total. The molecule has 2 unspecified atom stereocenters. The molecule has 0 spiro atoms. The first kappa shape index (κ1) is 30.9. The number of aromatic nitrogens is 9. The Morgan fingerprint density at radius 1 is 1.16 bits per heavy atom. The van der Waals surface area contributed by atoms with Gasteiger partial charge < -0.3 is 29.6 Å². The van der Waals surface area contributed by atoms with E-state index in [1.54, 1.807) is 0 Å². The van der Waals surface area contributed by atoms with E-state index in [9.17, 15) is 19.0 Å². The highest BCUT2D eigenvalue weighted by molar-refractivity contribution is 8.44. The van der Waals surface area contributed by atoms with E-state index in [1.807, 2.05) is 0 Å². The Morgan fingerprint density at radius 2 is 1.93 bits per heavy atom. The monoisotopic (exact) mass is 712 g/mol. The largest absolute Gasteiger partial charge is 0.386 e. The lowest BCUT2D eigenvalue weighted by atomic mass is 10.1. The van der Waals surface area contributed by atoms with Gasteiger partial charge in [0.2, 0.25) is 11.7 Å². The molecular weight excluding hydrogens is 692 g/mol. The van der Waals surface area contributed by atoms with Crippen molar-refractivity contribution in [1.82, 2.24) is 44.5 Å². The van der Waals surface area contributed by atoms with E-state index >= 15 is 8.78 Å². The number of halogens is 2. The van der Waals surface area contributed by atoms with E-state index in [1.165, 1.54) is 0 Å². The summed E-state index contributed by atoms with van der Waals surface area (Å²) in [6.45, 7) is -11.3. The molecule has 242 valence electrons. The van der Waals surface area contributed by atoms with Crippen LogP contribution in [0.2, 0.25) is 0 Å². The van der Waals surface area contributed by atoms with Gasteiger partial charge in [-0.1, -0.05) is 17.5 Å². The summed E-state index contributed by atoms with van der Waals surface area (Å²) in [4.78, 5) is 51.8. The fourth-order valence-corrected chi connectivity index (χ4v) is 8.04. The van der Waals surface area contributed by atoms with Crippen molar-refractivity contribution < 1.29 is 45.8 Å². The van der Waals surface area contributed by atoms with Gasteiger partial charge in [0.1, 0.15) is 31.2 Å². The van der Waals surface area contributed by atoms with Crippen molar-refractivity contribution in [2.24, 2.45) is 0 Å². The fraction of sp³-hybridized carbons (Fsp3) is 0.526. The standard InChI is InChI=1S/C19H20F2N10O10P2S2/c20-8-6-1-37-43(35,45)41-12-7(36-3-19(12,21)30-5-25-9-13(30)23-4-24-15(9)32)2-38-42(34,44)40-11(8)17(39-6)31-14-10(28-29-31)16(33)27-18(22)26-14/h4-8,11-12,17H,1-3H2,(H,34,44)(H,35,45)(H,23,24,32)(H3,22,26,27,33)/t6-,7-,8+,11-,12-,17-,19+,42?,43?/m1/s1. The first-order valence-electron chi connectivity index (χ1n) is 12.7. The molecule has 7 heterocycles. The number of ether oxygens (including phenoxy) is 2. The van der Waals surface area contributed by atoms with E-state index in [4.69, 9.17) is 45.1 Å². The number of nitrogen functional groups attached to an aromatic ring is 1. The third-order valence-corrected chi connectivity index (χ3v) is 10.3. The summed E-state index contributed by atoms with van der Waals surface area (Å²) >= 11 is 9.08. The predicted octanol–water partition coefficient (Wildman–Crippen LogP) is -0.442. The topological polar surface area (TPSA) is 259 Å². The van der Waals surface area contributed by atoms with Gasteiger partial charge in [0.25, 0.3) is 11.1 Å². The third-order valence-electron chi connectivity index (χ3n) is 7.18. The van der Waals surface area contributed by atoms with Crippen LogP contribution >= 0.6 is 25.8 Å². The Bertz CT molecular complexity index is 2030. The number of rotatable bonds is 2. The number of H-pyrrole nitrogens is 2. The molecule has 4 aromatic heterocycles. The van der Waals surface area contributed by atoms with Crippen molar-refractivity contribution in [3.05, 3.63) is 33.4 Å². The van der Waals surface area contributed by atoms with Crippen molar-refractivity contribution in [2.75, 3.05) is 25.6 Å². The van der Waals surface area contributed by atoms with Crippen molar-refractivity contribution in [3.63, 3.8) is 0 Å². The van der Waals surface area contributed by atoms with Gasteiger partial charge in [-0.25, -0.2) is 23.3 Å². The summed E-state index contributed by atoms with van der Waals surface area (Å²) in [6, 6.07) is 0. The fourth-order valence-electron chi connectivity index (χ4n) is 5.15. The van der Waals surface area contributed by atoms with Crippen molar-refractivity contribution in [1.29, 1.82) is 0 Å². The van der Waals surface area contributed by atoms with E-state index in [-0.39, 0.29) is 28.3 Å². The molecule has 3 aliphatic rings.